The van der Waals surface area contributed by atoms with Crippen LogP contribution in [0.5, 0.6) is 0 Å². The third-order valence-corrected chi connectivity index (χ3v) is 10.3. The topological polar surface area (TPSA) is 104 Å². The summed E-state index contributed by atoms with van der Waals surface area (Å²) in [6.45, 7) is 4.29. The van der Waals surface area contributed by atoms with Gasteiger partial charge in [0.1, 0.15) is 0 Å². The molecule has 0 aliphatic rings. The largest absolute Gasteiger partial charge is 0.322 e. The van der Waals surface area contributed by atoms with Gasteiger partial charge in [0, 0.05) is 36.3 Å². The third-order valence-electron chi connectivity index (χ3n) is 5.67. The van der Waals surface area contributed by atoms with Gasteiger partial charge in [0.25, 0.3) is 15.9 Å². The van der Waals surface area contributed by atoms with Crippen molar-refractivity contribution in [1.82, 2.24) is 4.31 Å². The highest BCUT2D eigenvalue weighted by Gasteiger charge is 2.23. The molecular weight excluding hydrogens is 518 g/mol. The van der Waals surface area contributed by atoms with Gasteiger partial charge >= 0.3 is 0 Å². The van der Waals surface area contributed by atoms with Gasteiger partial charge in [-0.2, -0.15) is 4.31 Å². The van der Waals surface area contributed by atoms with Gasteiger partial charge in [0.15, 0.2) is 0 Å². The number of nitrogens with zero attached hydrogens (tertiary/aromatic N) is 2. The molecule has 1 amide bonds. The molecule has 36 heavy (non-hydrogen) atoms. The Morgan fingerprint density at radius 1 is 0.778 bits per heavy atom. The second-order valence-electron chi connectivity index (χ2n) is 7.76. The van der Waals surface area contributed by atoms with Crippen LogP contribution in [0.2, 0.25) is 0 Å². The zero-order valence-electron chi connectivity index (χ0n) is 20.5. The molecule has 0 aromatic heterocycles. The van der Waals surface area contributed by atoms with Crippen molar-refractivity contribution < 1.29 is 21.6 Å². The monoisotopic (exact) mass is 547 g/mol. The average Bonchev–Trinajstić information content (AvgIpc) is 2.89. The average molecular weight is 548 g/mol. The number of carbonyl (C=O) groups excluding carboxylic acids is 1. The van der Waals surface area contributed by atoms with Crippen LogP contribution in [-0.4, -0.2) is 53.4 Å². The molecule has 3 rings (SSSR count). The summed E-state index contributed by atoms with van der Waals surface area (Å²) in [6, 6.07) is 18.8. The first-order valence-corrected chi connectivity index (χ1v) is 15.3. The molecule has 0 aliphatic carbocycles. The fourth-order valence-electron chi connectivity index (χ4n) is 3.49. The van der Waals surface area contributed by atoms with Crippen molar-refractivity contribution in [2.75, 3.05) is 36.0 Å². The SMILES string of the molecule is CCN(CC)S(=O)(=O)c1ccc(NC(=O)c2ccc(N(C)S(=O)(=O)c3ccc(SC)cc3)cc2)cc1. The van der Waals surface area contributed by atoms with Crippen LogP contribution >= 0.6 is 11.8 Å². The minimum absolute atomic E-state index is 0.154. The second-order valence-corrected chi connectivity index (χ2v) is 12.5. The lowest BCUT2D eigenvalue weighted by Crippen LogP contribution is -2.30. The quantitative estimate of drug-likeness (QED) is 0.375. The maximum Gasteiger partial charge on any atom is 0.264 e. The van der Waals surface area contributed by atoms with Crippen molar-refractivity contribution >= 4 is 49.1 Å². The van der Waals surface area contributed by atoms with Crippen molar-refractivity contribution in [2.45, 2.75) is 28.5 Å². The van der Waals surface area contributed by atoms with E-state index in [1.165, 1.54) is 59.5 Å². The van der Waals surface area contributed by atoms with E-state index in [2.05, 4.69) is 5.32 Å². The summed E-state index contributed by atoms with van der Waals surface area (Å²) < 4.78 is 53.7. The number of benzene rings is 3. The number of amides is 1. The minimum Gasteiger partial charge on any atom is -0.322 e. The summed E-state index contributed by atoms with van der Waals surface area (Å²) in [5.41, 5.74) is 1.18. The number of anilines is 2. The molecule has 0 aliphatic heterocycles. The zero-order valence-corrected chi connectivity index (χ0v) is 23.0. The third kappa shape index (κ3) is 5.92. The summed E-state index contributed by atoms with van der Waals surface area (Å²) in [7, 11) is -5.88. The van der Waals surface area contributed by atoms with Crippen molar-refractivity contribution in [1.29, 1.82) is 0 Å². The Labute approximate surface area is 217 Å². The number of sulfonamides is 2. The maximum atomic E-state index is 13.0. The van der Waals surface area contributed by atoms with E-state index < -0.39 is 26.0 Å². The Morgan fingerprint density at radius 2 is 1.28 bits per heavy atom. The predicted octanol–water partition coefficient (Wildman–Crippen LogP) is 4.52. The van der Waals surface area contributed by atoms with Gasteiger partial charge in [-0.1, -0.05) is 13.8 Å². The molecule has 1 N–H and O–H groups in total. The van der Waals surface area contributed by atoms with Crippen molar-refractivity contribution in [2.24, 2.45) is 0 Å². The van der Waals surface area contributed by atoms with E-state index in [1.807, 2.05) is 6.26 Å². The lowest BCUT2D eigenvalue weighted by Gasteiger charge is -2.20. The van der Waals surface area contributed by atoms with E-state index in [9.17, 15) is 21.6 Å². The molecule has 11 heteroatoms. The van der Waals surface area contributed by atoms with Gasteiger partial charge in [-0.3, -0.25) is 9.10 Å². The molecule has 0 saturated heterocycles. The highest BCUT2D eigenvalue weighted by molar-refractivity contribution is 7.98. The summed E-state index contributed by atoms with van der Waals surface area (Å²) in [5, 5.41) is 2.73. The predicted molar refractivity (Wildman–Crippen MR) is 145 cm³/mol. The molecule has 3 aromatic carbocycles. The summed E-state index contributed by atoms with van der Waals surface area (Å²) in [6.07, 6.45) is 1.92. The van der Waals surface area contributed by atoms with Crippen LogP contribution in [0, 0.1) is 0 Å². The molecule has 0 atom stereocenters. The lowest BCUT2D eigenvalue weighted by molar-refractivity contribution is 0.102. The van der Waals surface area contributed by atoms with Gasteiger partial charge in [-0.25, -0.2) is 16.8 Å². The highest BCUT2D eigenvalue weighted by Crippen LogP contribution is 2.25. The van der Waals surface area contributed by atoms with Crippen LogP contribution in [0.15, 0.2) is 87.5 Å². The van der Waals surface area contributed by atoms with Crippen LogP contribution in [0.1, 0.15) is 24.2 Å². The normalized spacial score (nSPS) is 11.9. The number of hydrogen-bond donors (Lipinski definition) is 1. The fourth-order valence-corrected chi connectivity index (χ4v) is 6.56. The Hall–Kier alpha value is -2.86. The van der Waals surface area contributed by atoms with E-state index >= 15 is 0 Å². The molecule has 0 bridgehead atoms. The lowest BCUT2D eigenvalue weighted by atomic mass is 10.2. The van der Waals surface area contributed by atoms with E-state index in [1.54, 1.807) is 50.2 Å². The van der Waals surface area contributed by atoms with Gasteiger partial charge in [0.05, 0.1) is 15.5 Å². The van der Waals surface area contributed by atoms with E-state index in [0.29, 0.717) is 30.0 Å². The maximum absolute atomic E-state index is 13.0. The number of thioether (sulfide) groups is 1. The van der Waals surface area contributed by atoms with Gasteiger partial charge in [0.2, 0.25) is 10.0 Å². The first-order valence-electron chi connectivity index (χ1n) is 11.2. The van der Waals surface area contributed by atoms with Gasteiger partial charge in [-0.05, 0) is 79.1 Å². The molecular formula is C25H29N3O5S3. The van der Waals surface area contributed by atoms with Crippen LogP contribution in [0.3, 0.4) is 0 Å². The van der Waals surface area contributed by atoms with Crippen LogP contribution in [0.4, 0.5) is 11.4 Å². The summed E-state index contributed by atoms with van der Waals surface area (Å²) in [5.74, 6) is -0.404. The molecule has 0 saturated carbocycles. The van der Waals surface area contributed by atoms with Gasteiger partial charge in [-0.15, -0.1) is 11.8 Å². The molecule has 0 fully saturated rings. The molecule has 3 aromatic rings. The van der Waals surface area contributed by atoms with Crippen LogP contribution in [0.25, 0.3) is 0 Å². The van der Waals surface area contributed by atoms with E-state index in [-0.39, 0.29) is 9.79 Å². The summed E-state index contributed by atoms with van der Waals surface area (Å²) >= 11 is 1.53. The number of carbonyl (C=O) groups is 1. The van der Waals surface area contributed by atoms with Crippen molar-refractivity contribution in [3.63, 3.8) is 0 Å². The van der Waals surface area contributed by atoms with Crippen molar-refractivity contribution in [3.05, 3.63) is 78.4 Å². The number of rotatable bonds is 10. The Balaban J connectivity index is 1.71. The summed E-state index contributed by atoms with van der Waals surface area (Å²) in [4.78, 5) is 14.0. The van der Waals surface area contributed by atoms with Crippen LogP contribution < -0.4 is 9.62 Å². The fraction of sp³-hybridized carbons (Fsp3) is 0.240. The molecule has 192 valence electrons. The van der Waals surface area contributed by atoms with Crippen LogP contribution in [-0.2, 0) is 20.0 Å². The Morgan fingerprint density at radius 3 is 1.78 bits per heavy atom. The van der Waals surface area contributed by atoms with Crippen molar-refractivity contribution in [3.8, 4) is 0 Å². The number of nitrogens with one attached hydrogen (secondary N) is 1. The smallest absolute Gasteiger partial charge is 0.264 e. The van der Waals surface area contributed by atoms with E-state index in [4.69, 9.17) is 0 Å². The Bertz CT molecular complexity index is 1400. The van der Waals surface area contributed by atoms with E-state index in [0.717, 1.165) is 9.20 Å². The standard InChI is InChI=1S/C25H29N3O5S3/c1-5-28(6-2)36(32,33)24-15-9-20(10-16-24)26-25(29)19-7-11-21(12-8-19)27(3)35(30,31)23-17-13-22(34-4)14-18-23/h7-18H,5-6H2,1-4H3,(H,26,29). The Kier molecular flexibility index (Phi) is 8.83. The van der Waals surface area contributed by atoms with Gasteiger partial charge < -0.3 is 5.32 Å². The zero-order chi connectivity index (χ0) is 26.5. The second kappa shape index (κ2) is 11.5. The minimum atomic E-state index is -3.75. The molecule has 8 nitrogen and oxygen atoms in total. The number of hydrogen-bond acceptors (Lipinski definition) is 6. The highest BCUT2D eigenvalue weighted by atomic mass is 32.2. The molecule has 0 spiro atoms. The molecule has 0 unspecified atom stereocenters. The first-order chi connectivity index (χ1) is 17.0. The molecule has 0 radical (unpaired) electrons. The molecule has 0 heterocycles. The first kappa shape index (κ1) is 27.7.